The summed E-state index contributed by atoms with van der Waals surface area (Å²) in [5.41, 5.74) is 1.44. The van der Waals surface area contributed by atoms with E-state index < -0.39 is 0 Å². The van der Waals surface area contributed by atoms with Crippen molar-refractivity contribution in [2.75, 3.05) is 20.2 Å². The van der Waals surface area contributed by atoms with Crippen LogP contribution in [-0.2, 0) is 6.42 Å². The quantitative estimate of drug-likeness (QED) is 0.802. The lowest BCUT2D eigenvalue weighted by atomic mass is 10.1. The highest BCUT2D eigenvalue weighted by atomic mass is 32.1. The third kappa shape index (κ3) is 3.24. The fraction of sp³-hybridized carbons (Fsp3) is 0.467. The van der Waals surface area contributed by atoms with Gasteiger partial charge < -0.3 is 10.1 Å². The summed E-state index contributed by atoms with van der Waals surface area (Å²) in [5, 5.41) is 7.12. The number of ether oxygens (including phenoxy) is 1. The number of hydrogen-bond acceptors (Lipinski definition) is 3. The number of nitrogens with one attached hydrogen (secondary N) is 1. The van der Waals surface area contributed by atoms with Crippen LogP contribution in [-0.4, -0.2) is 20.2 Å². The van der Waals surface area contributed by atoms with Crippen LogP contribution in [0.2, 0.25) is 0 Å². The number of fused-ring (bicyclic) bond motifs is 1. The van der Waals surface area contributed by atoms with Crippen molar-refractivity contribution in [1.82, 2.24) is 5.32 Å². The molecule has 0 amide bonds. The van der Waals surface area contributed by atoms with Crippen molar-refractivity contribution in [3.63, 3.8) is 0 Å². The predicted molar refractivity (Wildman–Crippen MR) is 79.8 cm³/mol. The van der Waals surface area contributed by atoms with Crippen LogP contribution in [0.1, 0.15) is 19.4 Å². The van der Waals surface area contributed by atoms with Crippen LogP contribution in [0.15, 0.2) is 23.6 Å². The van der Waals surface area contributed by atoms with Gasteiger partial charge in [0.2, 0.25) is 0 Å². The first-order chi connectivity index (χ1) is 8.70. The summed E-state index contributed by atoms with van der Waals surface area (Å²) in [5.74, 6) is 1.65. The summed E-state index contributed by atoms with van der Waals surface area (Å²) in [6, 6.07) is 6.33. The third-order valence-corrected chi connectivity index (χ3v) is 3.98. The molecular formula is C15H21NOS. The van der Waals surface area contributed by atoms with Crippen molar-refractivity contribution < 1.29 is 4.74 Å². The lowest BCUT2D eigenvalue weighted by Crippen LogP contribution is -2.21. The Hall–Kier alpha value is -1.06. The van der Waals surface area contributed by atoms with Crippen molar-refractivity contribution in [2.24, 2.45) is 5.92 Å². The molecule has 0 radical (unpaired) electrons. The lowest BCUT2D eigenvalue weighted by molar-refractivity contribution is 0.415. The zero-order valence-corrected chi connectivity index (χ0v) is 12.1. The molecule has 0 atom stereocenters. The van der Waals surface area contributed by atoms with Crippen LogP contribution in [0.4, 0.5) is 0 Å². The topological polar surface area (TPSA) is 21.3 Å². The molecule has 2 aromatic rings. The highest BCUT2D eigenvalue weighted by Crippen LogP contribution is 2.29. The highest BCUT2D eigenvalue weighted by molar-refractivity contribution is 7.17. The average Bonchev–Trinajstić information content (AvgIpc) is 2.76. The van der Waals surface area contributed by atoms with Gasteiger partial charge in [-0.2, -0.15) is 0 Å². The van der Waals surface area contributed by atoms with E-state index >= 15 is 0 Å². The van der Waals surface area contributed by atoms with Gasteiger partial charge in [0.25, 0.3) is 0 Å². The molecule has 0 spiro atoms. The van der Waals surface area contributed by atoms with Gasteiger partial charge in [-0.25, -0.2) is 0 Å². The molecule has 2 nitrogen and oxygen atoms in total. The molecule has 0 bridgehead atoms. The van der Waals surface area contributed by atoms with Crippen LogP contribution in [0.25, 0.3) is 10.1 Å². The number of hydrogen-bond donors (Lipinski definition) is 1. The predicted octanol–water partition coefficient (Wildman–Crippen LogP) is 3.70. The van der Waals surface area contributed by atoms with Gasteiger partial charge in [0.15, 0.2) is 0 Å². The van der Waals surface area contributed by atoms with Crippen molar-refractivity contribution in [3.05, 3.63) is 29.1 Å². The van der Waals surface area contributed by atoms with Crippen LogP contribution in [0.5, 0.6) is 5.75 Å². The number of benzene rings is 1. The van der Waals surface area contributed by atoms with Gasteiger partial charge in [0, 0.05) is 4.70 Å². The van der Waals surface area contributed by atoms with Crippen LogP contribution >= 0.6 is 11.3 Å². The summed E-state index contributed by atoms with van der Waals surface area (Å²) >= 11 is 1.80. The van der Waals surface area contributed by atoms with E-state index in [9.17, 15) is 0 Å². The Balaban J connectivity index is 2.01. The van der Waals surface area contributed by atoms with E-state index in [4.69, 9.17) is 4.74 Å². The minimum Gasteiger partial charge on any atom is -0.497 e. The summed E-state index contributed by atoms with van der Waals surface area (Å²) < 4.78 is 6.56. The van der Waals surface area contributed by atoms with Crippen molar-refractivity contribution in [3.8, 4) is 5.75 Å². The van der Waals surface area contributed by atoms with E-state index in [1.165, 1.54) is 15.6 Å². The zero-order chi connectivity index (χ0) is 13.0. The zero-order valence-electron chi connectivity index (χ0n) is 11.3. The maximum absolute atomic E-state index is 5.25. The molecule has 0 aliphatic rings. The highest BCUT2D eigenvalue weighted by Gasteiger charge is 2.05. The Morgan fingerprint density at radius 2 is 2.17 bits per heavy atom. The molecule has 0 fully saturated rings. The lowest BCUT2D eigenvalue weighted by Gasteiger charge is -2.06. The molecule has 1 heterocycles. The van der Waals surface area contributed by atoms with Gasteiger partial charge in [0.05, 0.1) is 7.11 Å². The largest absolute Gasteiger partial charge is 0.497 e. The number of rotatable bonds is 6. The first-order valence-electron chi connectivity index (χ1n) is 6.45. The van der Waals surface area contributed by atoms with Crippen molar-refractivity contribution in [1.29, 1.82) is 0 Å². The molecule has 1 aromatic heterocycles. The van der Waals surface area contributed by atoms with Gasteiger partial charge in [0.1, 0.15) is 5.75 Å². The van der Waals surface area contributed by atoms with Crippen LogP contribution in [0, 0.1) is 5.92 Å². The third-order valence-electron chi connectivity index (χ3n) is 2.99. The van der Waals surface area contributed by atoms with Gasteiger partial charge in [-0.1, -0.05) is 13.8 Å². The molecule has 0 aliphatic carbocycles. The molecule has 98 valence electrons. The second-order valence-corrected chi connectivity index (χ2v) is 5.88. The molecule has 0 aliphatic heterocycles. The van der Waals surface area contributed by atoms with E-state index in [-0.39, 0.29) is 0 Å². The molecule has 0 saturated heterocycles. The minimum atomic E-state index is 0.716. The summed E-state index contributed by atoms with van der Waals surface area (Å²) in [4.78, 5) is 0. The monoisotopic (exact) mass is 263 g/mol. The molecule has 1 aromatic carbocycles. The smallest absolute Gasteiger partial charge is 0.120 e. The van der Waals surface area contributed by atoms with E-state index in [1.54, 1.807) is 18.4 Å². The Bertz CT molecular complexity index is 504. The van der Waals surface area contributed by atoms with Gasteiger partial charge in [-0.05, 0) is 60.0 Å². The molecule has 1 N–H and O–H groups in total. The molecule has 18 heavy (non-hydrogen) atoms. The Kier molecular flexibility index (Phi) is 4.61. The standard InChI is InChI=1S/C15H21NOS/c1-11(2)9-16-7-6-12-10-18-15-8-13(17-3)4-5-14(12)15/h4-5,8,10-11,16H,6-7,9H2,1-3H3. The van der Waals surface area contributed by atoms with Crippen LogP contribution in [0.3, 0.4) is 0 Å². The molecule has 0 unspecified atom stereocenters. The fourth-order valence-electron chi connectivity index (χ4n) is 2.00. The molecular weight excluding hydrogens is 242 g/mol. The minimum absolute atomic E-state index is 0.716. The Morgan fingerprint density at radius 1 is 1.33 bits per heavy atom. The molecule has 3 heteroatoms. The van der Waals surface area contributed by atoms with E-state index in [2.05, 4.69) is 36.7 Å². The van der Waals surface area contributed by atoms with Crippen molar-refractivity contribution >= 4 is 21.4 Å². The normalized spacial score (nSPS) is 11.3. The van der Waals surface area contributed by atoms with Gasteiger partial charge in [-0.3, -0.25) is 0 Å². The SMILES string of the molecule is COc1ccc2c(CCNCC(C)C)csc2c1. The fourth-order valence-corrected chi connectivity index (χ4v) is 3.02. The Labute approximate surface area is 113 Å². The first kappa shape index (κ1) is 13.4. The molecule has 0 saturated carbocycles. The first-order valence-corrected chi connectivity index (χ1v) is 7.33. The second-order valence-electron chi connectivity index (χ2n) is 4.97. The summed E-state index contributed by atoms with van der Waals surface area (Å²) in [6.07, 6.45) is 1.10. The Morgan fingerprint density at radius 3 is 2.89 bits per heavy atom. The van der Waals surface area contributed by atoms with Crippen molar-refractivity contribution in [2.45, 2.75) is 20.3 Å². The summed E-state index contributed by atoms with van der Waals surface area (Å²) in [6.45, 7) is 6.62. The maximum Gasteiger partial charge on any atom is 0.120 e. The number of methoxy groups -OCH3 is 1. The summed E-state index contributed by atoms with van der Waals surface area (Å²) in [7, 11) is 1.71. The molecule has 2 rings (SSSR count). The van der Waals surface area contributed by atoms with E-state index in [1.807, 2.05) is 6.07 Å². The second kappa shape index (κ2) is 6.21. The number of thiophene rings is 1. The van der Waals surface area contributed by atoms with E-state index in [0.717, 1.165) is 25.3 Å². The van der Waals surface area contributed by atoms with Gasteiger partial charge in [-0.15, -0.1) is 11.3 Å². The van der Waals surface area contributed by atoms with E-state index in [0.29, 0.717) is 5.92 Å². The van der Waals surface area contributed by atoms with Crippen LogP contribution < -0.4 is 10.1 Å². The maximum atomic E-state index is 5.25. The van der Waals surface area contributed by atoms with Gasteiger partial charge >= 0.3 is 0 Å². The average molecular weight is 263 g/mol.